The third-order valence-corrected chi connectivity index (χ3v) is 3.63. The first kappa shape index (κ1) is 12.7. The summed E-state index contributed by atoms with van der Waals surface area (Å²) in [6.45, 7) is 1.36. The van der Waals surface area contributed by atoms with E-state index in [1.54, 1.807) is 6.20 Å². The van der Waals surface area contributed by atoms with E-state index in [9.17, 15) is 4.79 Å². The molecule has 0 aliphatic carbocycles. The predicted molar refractivity (Wildman–Crippen MR) is 78.2 cm³/mol. The standard InChI is InChI=1S/C16H17N3O/c17-15-10-12(7-8-18-15)11-19-9-3-5-13-4-1-2-6-14(13)16(19)20/h1-2,4,6-8,10H,3,5,9,11H2,(H2,17,18). The van der Waals surface area contributed by atoms with Gasteiger partial charge in [-0.1, -0.05) is 18.2 Å². The molecule has 2 heterocycles. The Balaban J connectivity index is 1.86. The van der Waals surface area contributed by atoms with Crippen molar-refractivity contribution < 1.29 is 4.79 Å². The molecule has 0 saturated carbocycles. The lowest BCUT2D eigenvalue weighted by Gasteiger charge is -2.21. The number of amides is 1. The van der Waals surface area contributed by atoms with Gasteiger partial charge in [0.2, 0.25) is 0 Å². The summed E-state index contributed by atoms with van der Waals surface area (Å²) in [5.74, 6) is 0.596. The number of nitrogens with two attached hydrogens (primary N) is 1. The summed E-state index contributed by atoms with van der Waals surface area (Å²) < 4.78 is 0. The van der Waals surface area contributed by atoms with E-state index in [-0.39, 0.29) is 5.91 Å². The van der Waals surface area contributed by atoms with Crippen LogP contribution in [0.25, 0.3) is 0 Å². The lowest BCUT2D eigenvalue weighted by molar-refractivity contribution is 0.0749. The van der Waals surface area contributed by atoms with Crippen molar-refractivity contribution >= 4 is 11.7 Å². The highest BCUT2D eigenvalue weighted by molar-refractivity contribution is 5.96. The molecule has 4 nitrogen and oxygen atoms in total. The molecule has 0 spiro atoms. The van der Waals surface area contributed by atoms with Crippen LogP contribution in [0.1, 0.15) is 27.9 Å². The topological polar surface area (TPSA) is 59.2 Å². The average Bonchev–Trinajstić information content (AvgIpc) is 2.60. The van der Waals surface area contributed by atoms with Crippen LogP contribution in [0, 0.1) is 0 Å². The van der Waals surface area contributed by atoms with Gasteiger partial charge < -0.3 is 10.6 Å². The largest absolute Gasteiger partial charge is 0.384 e. The summed E-state index contributed by atoms with van der Waals surface area (Å²) in [5, 5.41) is 0. The number of nitrogen functional groups attached to an aromatic ring is 1. The molecular formula is C16H17N3O. The van der Waals surface area contributed by atoms with E-state index in [1.165, 1.54) is 0 Å². The van der Waals surface area contributed by atoms with Crippen LogP contribution in [-0.2, 0) is 13.0 Å². The maximum absolute atomic E-state index is 12.6. The van der Waals surface area contributed by atoms with Gasteiger partial charge >= 0.3 is 0 Å². The van der Waals surface area contributed by atoms with Gasteiger partial charge in [-0.3, -0.25) is 4.79 Å². The third-order valence-electron chi connectivity index (χ3n) is 3.63. The Morgan fingerprint density at radius 1 is 1.25 bits per heavy atom. The van der Waals surface area contributed by atoms with Gasteiger partial charge in [-0.2, -0.15) is 0 Å². The fourth-order valence-electron chi connectivity index (χ4n) is 2.64. The molecule has 4 heteroatoms. The fourth-order valence-corrected chi connectivity index (χ4v) is 2.64. The van der Waals surface area contributed by atoms with Crippen molar-refractivity contribution in [2.75, 3.05) is 12.3 Å². The van der Waals surface area contributed by atoms with E-state index >= 15 is 0 Å². The number of rotatable bonds is 2. The van der Waals surface area contributed by atoms with Crippen molar-refractivity contribution in [2.45, 2.75) is 19.4 Å². The molecule has 0 bridgehead atoms. The fraction of sp³-hybridized carbons (Fsp3) is 0.250. The van der Waals surface area contributed by atoms with Gasteiger partial charge in [0.15, 0.2) is 0 Å². The van der Waals surface area contributed by atoms with Gasteiger partial charge in [0.25, 0.3) is 5.91 Å². The lowest BCUT2D eigenvalue weighted by Crippen LogP contribution is -2.30. The van der Waals surface area contributed by atoms with Crippen LogP contribution in [0.15, 0.2) is 42.6 Å². The van der Waals surface area contributed by atoms with Gasteiger partial charge in [0.05, 0.1) is 0 Å². The average molecular weight is 267 g/mol. The summed E-state index contributed by atoms with van der Waals surface area (Å²) in [5.41, 5.74) is 8.68. The van der Waals surface area contributed by atoms with Crippen LogP contribution < -0.4 is 5.73 Å². The molecule has 1 amide bonds. The Morgan fingerprint density at radius 3 is 2.95 bits per heavy atom. The molecule has 2 aromatic rings. The van der Waals surface area contributed by atoms with E-state index in [1.807, 2.05) is 41.3 Å². The highest BCUT2D eigenvalue weighted by Crippen LogP contribution is 2.20. The molecule has 2 N–H and O–H groups in total. The normalized spacial score (nSPS) is 14.8. The molecule has 1 aromatic heterocycles. The number of fused-ring (bicyclic) bond motifs is 1. The molecule has 0 fully saturated rings. The number of hydrogen-bond acceptors (Lipinski definition) is 3. The van der Waals surface area contributed by atoms with Gasteiger partial charge in [-0.05, 0) is 42.2 Å². The molecule has 1 aromatic carbocycles. The van der Waals surface area contributed by atoms with Gasteiger partial charge in [-0.15, -0.1) is 0 Å². The number of aryl methyl sites for hydroxylation is 1. The third kappa shape index (κ3) is 2.50. The molecule has 0 saturated heterocycles. The van der Waals surface area contributed by atoms with E-state index in [0.717, 1.165) is 36.1 Å². The maximum atomic E-state index is 12.6. The monoisotopic (exact) mass is 267 g/mol. The minimum Gasteiger partial charge on any atom is -0.384 e. The van der Waals surface area contributed by atoms with Crippen LogP contribution in [0.2, 0.25) is 0 Å². The summed E-state index contributed by atoms with van der Waals surface area (Å²) in [4.78, 5) is 18.5. The van der Waals surface area contributed by atoms with E-state index in [0.29, 0.717) is 12.4 Å². The second-order valence-electron chi connectivity index (χ2n) is 5.08. The number of nitrogens with zero attached hydrogens (tertiary/aromatic N) is 2. The van der Waals surface area contributed by atoms with Crippen LogP contribution in [0.4, 0.5) is 5.82 Å². The van der Waals surface area contributed by atoms with Gasteiger partial charge in [0, 0.05) is 24.8 Å². The second kappa shape index (κ2) is 5.33. The molecule has 0 unspecified atom stereocenters. The highest BCUT2D eigenvalue weighted by Gasteiger charge is 2.21. The zero-order valence-electron chi connectivity index (χ0n) is 11.2. The first-order chi connectivity index (χ1) is 9.74. The minimum atomic E-state index is 0.105. The lowest BCUT2D eigenvalue weighted by atomic mass is 10.0. The molecule has 1 aliphatic rings. The zero-order chi connectivity index (χ0) is 13.9. The SMILES string of the molecule is Nc1cc(CN2CCCc3ccccc3C2=O)ccn1. The summed E-state index contributed by atoms with van der Waals surface area (Å²) in [7, 11) is 0. The highest BCUT2D eigenvalue weighted by atomic mass is 16.2. The minimum absolute atomic E-state index is 0.105. The molecular weight excluding hydrogens is 250 g/mol. The molecule has 1 aliphatic heterocycles. The first-order valence-electron chi connectivity index (χ1n) is 6.81. The molecule has 0 radical (unpaired) electrons. The van der Waals surface area contributed by atoms with Crippen molar-refractivity contribution in [2.24, 2.45) is 0 Å². The molecule has 3 rings (SSSR count). The van der Waals surface area contributed by atoms with E-state index < -0.39 is 0 Å². The Bertz CT molecular complexity index is 639. The second-order valence-corrected chi connectivity index (χ2v) is 5.08. The van der Waals surface area contributed by atoms with Crippen molar-refractivity contribution in [1.82, 2.24) is 9.88 Å². The van der Waals surface area contributed by atoms with E-state index in [4.69, 9.17) is 5.73 Å². The first-order valence-corrected chi connectivity index (χ1v) is 6.81. The quantitative estimate of drug-likeness (QED) is 0.908. The number of aromatic nitrogens is 1. The van der Waals surface area contributed by atoms with Crippen molar-refractivity contribution in [3.05, 3.63) is 59.3 Å². The maximum Gasteiger partial charge on any atom is 0.254 e. The summed E-state index contributed by atoms with van der Waals surface area (Å²) in [6, 6.07) is 11.6. The molecule has 102 valence electrons. The van der Waals surface area contributed by atoms with Crippen LogP contribution in [0.3, 0.4) is 0 Å². The summed E-state index contributed by atoms with van der Waals surface area (Å²) in [6.07, 6.45) is 3.63. The van der Waals surface area contributed by atoms with Crippen LogP contribution in [0.5, 0.6) is 0 Å². The Hall–Kier alpha value is -2.36. The number of anilines is 1. The number of pyridine rings is 1. The van der Waals surface area contributed by atoms with E-state index in [2.05, 4.69) is 4.98 Å². The smallest absolute Gasteiger partial charge is 0.254 e. The van der Waals surface area contributed by atoms with Gasteiger partial charge in [0.1, 0.15) is 5.82 Å². The van der Waals surface area contributed by atoms with Crippen molar-refractivity contribution in [3.63, 3.8) is 0 Å². The van der Waals surface area contributed by atoms with Crippen molar-refractivity contribution in [3.8, 4) is 0 Å². The van der Waals surface area contributed by atoms with Gasteiger partial charge in [-0.25, -0.2) is 4.98 Å². The molecule has 0 atom stereocenters. The number of carbonyl (C=O) groups excluding carboxylic acids is 1. The number of hydrogen-bond donors (Lipinski definition) is 1. The summed E-state index contributed by atoms with van der Waals surface area (Å²) >= 11 is 0. The van der Waals surface area contributed by atoms with Crippen molar-refractivity contribution in [1.29, 1.82) is 0 Å². The van der Waals surface area contributed by atoms with Crippen LogP contribution in [-0.4, -0.2) is 22.3 Å². The zero-order valence-corrected chi connectivity index (χ0v) is 11.2. The Kier molecular flexibility index (Phi) is 3.37. The Labute approximate surface area is 118 Å². The predicted octanol–water partition coefficient (Wildman–Crippen LogP) is 2.25. The van der Waals surface area contributed by atoms with Crippen LogP contribution >= 0.6 is 0 Å². The molecule has 20 heavy (non-hydrogen) atoms. The number of carbonyl (C=O) groups is 1. The number of benzene rings is 1. The Morgan fingerprint density at radius 2 is 2.10 bits per heavy atom.